The molecule has 2 N–H and O–H groups in total. The number of aryl methyl sites for hydroxylation is 2. The lowest BCUT2D eigenvalue weighted by molar-refractivity contribution is 0.277. The van der Waals surface area contributed by atoms with Crippen molar-refractivity contribution >= 4 is 16.6 Å². The number of rotatable bonds is 6. The number of aromatic nitrogens is 4. The van der Waals surface area contributed by atoms with Crippen LogP contribution in [-0.4, -0.2) is 56.5 Å². The molecule has 1 aliphatic rings. The van der Waals surface area contributed by atoms with Gasteiger partial charge in [-0.3, -0.25) is 4.68 Å². The van der Waals surface area contributed by atoms with E-state index in [0.717, 1.165) is 58.6 Å². The first-order chi connectivity index (χ1) is 15.6. The third-order valence-corrected chi connectivity index (χ3v) is 6.21. The van der Waals surface area contributed by atoms with Crippen LogP contribution in [0.4, 0.5) is 0 Å². The van der Waals surface area contributed by atoms with Gasteiger partial charge in [0.2, 0.25) is 0 Å². The third kappa shape index (κ3) is 3.99. The summed E-state index contributed by atoms with van der Waals surface area (Å²) in [5, 5.41) is 15.3. The smallest absolute Gasteiger partial charge is 0.138 e. The highest BCUT2D eigenvalue weighted by Crippen LogP contribution is 2.36. The number of fused-ring (bicyclic) bond motifs is 1. The molecule has 0 aliphatic carbocycles. The molecular weight excluding hydrogens is 398 g/mol. The maximum Gasteiger partial charge on any atom is 0.138 e. The van der Waals surface area contributed by atoms with Crippen LogP contribution in [0.25, 0.3) is 39.0 Å². The van der Waals surface area contributed by atoms with E-state index in [4.69, 9.17) is 5.10 Å². The summed E-state index contributed by atoms with van der Waals surface area (Å²) in [5.74, 6) is 0. The van der Waals surface area contributed by atoms with Gasteiger partial charge in [0.25, 0.3) is 0 Å². The van der Waals surface area contributed by atoms with E-state index in [0.29, 0.717) is 13.0 Å². The van der Waals surface area contributed by atoms with Crippen molar-refractivity contribution in [2.24, 2.45) is 0 Å². The molecule has 0 unspecified atom stereocenters. The van der Waals surface area contributed by atoms with Crippen LogP contribution < -0.4 is 0 Å². The van der Waals surface area contributed by atoms with Crippen LogP contribution in [0.3, 0.4) is 0 Å². The van der Waals surface area contributed by atoms with Gasteiger partial charge in [-0.1, -0.05) is 35.9 Å². The van der Waals surface area contributed by atoms with Crippen molar-refractivity contribution in [2.75, 3.05) is 26.7 Å². The maximum atomic E-state index is 9.29. The topological polar surface area (TPSA) is 70.0 Å². The Bertz CT molecular complexity index is 1270. The van der Waals surface area contributed by atoms with Crippen LogP contribution in [0.2, 0.25) is 0 Å². The van der Waals surface area contributed by atoms with Gasteiger partial charge in [-0.2, -0.15) is 5.10 Å². The standard InChI is InChI=1S/C26H29N5O/c1-18-4-6-20(7-5-18)25-23(17-31(29-25)12-3-15-32)21-8-11-27-26-22(21)16-24(28-26)19-9-13-30(2)14-10-19/h4-9,11,16-17,32H,3,10,12-15H2,1-2H3,(H,27,28). The number of aliphatic hydroxyl groups excluding tert-OH is 1. The van der Waals surface area contributed by atoms with Crippen molar-refractivity contribution in [3.63, 3.8) is 0 Å². The molecule has 4 aromatic rings. The van der Waals surface area contributed by atoms with Crippen LogP contribution in [0.5, 0.6) is 0 Å². The summed E-state index contributed by atoms with van der Waals surface area (Å²) < 4.78 is 1.94. The van der Waals surface area contributed by atoms with Crippen molar-refractivity contribution in [3.05, 3.63) is 66.1 Å². The number of hydrogen-bond acceptors (Lipinski definition) is 4. The normalized spacial score (nSPS) is 14.8. The predicted octanol–water partition coefficient (Wildman–Crippen LogP) is 4.50. The number of nitrogens with zero attached hydrogens (tertiary/aromatic N) is 4. The predicted molar refractivity (Wildman–Crippen MR) is 129 cm³/mol. The Morgan fingerprint density at radius 1 is 1.12 bits per heavy atom. The molecule has 1 aliphatic heterocycles. The number of likely N-dealkylation sites (N-methyl/N-ethyl adjacent to an activating group) is 1. The third-order valence-electron chi connectivity index (χ3n) is 6.21. The molecule has 0 saturated carbocycles. The average molecular weight is 428 g/mol. The second-order valence-electron chi connectivity index (χ2n) is 8.64. The average Bonchev–Trinajstić information content (AvgIpc) is 3.43. The molecule has 4 heterocycles. The zero-order valence-corrected chi connectivity index (χ0v) is 18.7. The molecule has 0 amide bonds. The first-order valence-corrected chi connectivity index (χ1v) is 11.2. The molecule has 0 fully saturated rings. The summed E-state index contributed by atoms with van der Waals surface area (Å²) in [4.78, 5) is 10.5. The fraction of sp³-hybridized carbons (Fsp3) is 0.308. The first-order valence-electron chi connectivity index (χ1n) is 11.2. The zero-order valence-electron chi connectivity index (χ0n) is 18.7. The summed E-state index contributed by atoms with van der Waals surface area (Å²) in [7, 11) is 2.15. The van der Waals surface area contributed by atoms with Crippen LogP contribution in [0.1, 0.15) is 24.1 Å². The summed E-state index contributed by atoms with van der Waals surface area (Å²) in [5.41, 5.74) is 8.88. The number of aliphatic hydroxyl groups is 1. The summed E-state index contributed by atoms with van der Waals surface area (Å²) in [6, 6.07) is 12.8. The Labute approximate surface area is 188 Å². The van der Waals surface area contributed by atoms with Gasteiger partial charge in [-0.25, -0.2) is 4.98 Å². The molecule has 0 bridgehead atoms. The minimum atomic E-state index is 0.153. The zero-order chi connectivity index (χ0) is 22.1. The van der Waals surface area contributed by atoms with Crippen LogP contribution >= 0.6 is 0 Å². The lowest BCUT2D eigenvalue weighted by atomic mass is 9.99. The van der Waals surface area contributed by atoms with E-state index in [1.54, 1.807) is 0 Å². The second kappa shape index (κ2) is 8.73. The van der Waals surface area contributed by atoms with Crippen molar-refractivity contribution in [1.82, 2.24) is 24.6 Å². The van der Waals surface area contributed by atoms with Crippen molar-refractivity contribution in [2.45, 2.75) is 26.3 Å². The molecule has 0 spiro atoms. The van der Waals surface area contributed by atoms with Gasteiger partial charge in [0, 0.05) is 60.8 Å². The fourth-order valence-electron chi connectivity index (χ4n) is 4.34. The fourth-order valence-corrected chi connectivity index (χ4v) is 4.34. The van der Waals surface area contributed by atoms with Crippen LogP contribution in [0.15, 0.2) is 54.9 Å². The van der Waals surface area contributed by atoms with Crippen molar-refractivity contribution in [1.29, 1.82) is 0 Å². The monoisotopic (exact) mass is 427 g/mol. The van der Waals surface area contributed by atoms with Gasteiger partial charge >= 0.3 is 0 Å². The Morgan fingerprint density at radius 3 is 2.72 bits per heavy atom. The highest BCUT2D eigenvalue weighted by atomic mass is 16.3. The molecule has 0 saturated heterocycles. The molecular formula is C26H29N5O. The SMILES string of the molecule is Cc1ccc(-c2nn(CCCO)cc2-c2ccnc3[nH]c(C4=CCN(C)CC4)cc23)cc1. The Hall–Kier alpha value is -3.22. The quantitative estimate of drug-likeness (QED) is 0.475. The largest absolute Gasteiger partial charge is 0.396 e. The van der Waals surface area contributed by atoms with Gasteiger partial charge in [0.15, 0.2) is 0 Å². The number of benzene rings is 1. The summed E-state index contributed by atoms with van der Waals surface area (Å²) in [6.07, 6.45) is 7.98. The Kier molecular flexibility index (Phi) is 5.64. The van der Waals surface area contributed by atoms with Gasteiger partial charge in [-0.15, -0.1) is 0 Å². The maximum absolute atomic E-state index is 9.29. The molecule has 164 valence electrons. The Morgan fingerprint density at radius 2 is 1.97 bits per heavy atom. The first kappa shape index (κ1) is 20.7. The minimum Gasteiger partial charge on any atom is -0.396 e. The highest BCUT2D eigenvalue weighted by molar-refractivity contribution is 5.98. The van der Waals surface area contributed by atoms with Crippen LogP contribution in [-0.2, 0) is 6.54 Å². The van der Waals surface area contributed by atoms with Crippen molar-refractivity contribution < 1.29 is 5.11 Å². The lowest BCUT2D eigenvalue weighted by Gasteiger charge is -2.21. The minimum absolute atomic E-state index is 0.153. The summed E-state index contributed by atoms with van der Waals surface area (Å²) >= 11 is 0. The van der Waals surface area contributed by atoms with E-state index in [2.05, 4.69) is 77.5 Å². The molecule has 3 aromatic heterocycles. The lowest BCUT2D eigenvalue weighted by Crippen LogP contribution is -2.23. The van der Waals surface area contributed by atoms with E-state index in [1.807, 2.05) is 10.9 Å². The van der Waals surface area contributed by atoms with Gasteiger partial charge in [-0.05, 0) is 50.1 Å². The van der Waals surface area contributed by atoms with E-state index in [1.165, 1.54) is 11.1 Å². The molecule has 5 rings (SSSR count). The number of hydrogen-bond donors (Lipinski definition) is 2. The Balaban J connectivity index is 1.62. The molecule has 32 heavy (non-hydrogen) atoms. The molecule has 0 atom stereocenters. The molecule has 6 heteroatoms. The van der Waals surface area contributed by atoms with Crippen molar-refractivity contribution in [3.8, 4) is 22.4 Å². The number of aromatic amines is 1. The highest BCUT2D eigenvalue weighted by Gasteiger charge is 2.18. The van der Waals surface area contributed by atoms with E-state index in [9.17, 15) is 5.11 Å². The summed E-state index contributed by atoms with van der Waals surface area (Å²) in [6.45, 7) is 4.97. The van der Waals surface area contributed by atoms with E-state index >= 15 is 0 Å². The van der Waals surface area contributed by atoms with E-state index in [-0.39, 0.29) is 6.61 Å². The van der Waals surface area contributed by atoms with E-state index < -0.39 is 0 Å². The van der Waals surface area contributed by atoms with Crippen LogP contribution in [0, 0.1) is 6.92 Å². The number of pyridine rings is 1. The van der Waals surface area contributed by atoms with Gasteiger partial charge in [0.1, 0.15) is 11.3 Å². The number of nitrogens with one attached hydrogen (secondary N) is 1. The van der Waals surface area contributed by atoms with Gasteiger partial charge in [0.05, 0.1) is 0 Å². The second-order valence-corrected chi connectivity index (χ2v) is 8.64. The molecule has 0 radical (unpaired) electrons. The molecule has 1 aromatic carbocycles. The number of H-pyrrole nitrogens is 1. The van der Waals surface area contributed by atoms with Gasteiger partial charge < -0.3 is 15.0 Å². The molecule has 6 nitrogen and oxygen atoms in total.